The van der Waals surface area contributed by atoms with Crippen molar-refractivity contribution in [2.24, 2.45) is 21.1 Å². The average Bonchev–Trinajstić information content (AvgIpc) is 1.58. The molecule has 0 fully saturated rings. The molecule has 0 unspecified atom stereocenters. The highest BCUT2D eigenvalue weighted by Crippen LogP contribution is 2.42. The number of rotatable bonds is 6. The number of pyridine rings is 3. The second-order valence-corrected chi connectivity index (χ2v) is 26.5. The van der Waals surface area contributed by atoms with E-state index in [4.69, 9.17) is 4.11 Å². The molecule has 0 N–H and O–H groups in total. The van der Waals surface area contributed by atoms with E-state index in [2.05, 4.69) is 332 Å². The Kier molecular flexibility index (Phi) is 15.8. The Morgan fingerprint density at radius 2 is 0.794 bits per heavy atom. The zero-order valence-corrected chi connectivity index (χ0v) is 55.2. The molecule has 0 aliphatic carbocycles. The fourth-order valence-electron chi connectivity index (χ4n) is 14.5. The van der Waals surface area contributed by atoms with Crippen LogP contribution in [0.2, 0.25) is 0 Å². The van der Waals surface area contributed by atoms with Crippen LogP contribution in [-0.4, -0.2) is 9.13 Å². The van der Waals surface area contributed by atoms with Crippen LogP contribution in [0.1, 0.15) is 46.8 Å². The van der Waals surface area contributed by atoms with Crippen molar-refractivity contribution in [3.05, 3.63) is 319 Å². The highest BCUT2D eigenvalue weighted by Gasteiger charge is 2.25. The lowest BCUT2D eigenvalue weighted by atomic mass is 9.99. The fourth-order valence-corrected chi connectivity index (χ4v) is 15.7. The number of aromatic nitrogens is 5. The molecule has 18 rings (SSSR count). The van der Waals surface area contributed by atoms with Crippen LogP contribution in [0.4, 0.5) is 0 Å². The van der Waals surface area contributed by atoms with Crippen molar-refractivity contribution in [3.8, 4) is 56.3 Å². The minimum Gasteiger partial charge on any atom is -0.309 e. The van der Waals surface area contributed by atoms with Crippen molar-refractivity contribution < 1.29 is 17.8 Å². The molecule has 0 radical (unpaired) electrons. The normalized spacial score (nSPS) is 11.9. The maximum atomic E-state index is 7.71. The lowest BCUT2D eigenvalue weighted by Gasteiger charge is -2.09. The lowest BCUT2D eigenvalue weighted by Crippen LogP contribution is -2.30. The second kappa shape index (κ2) is 25.8. The Balaban J connectivity index is 0.000000127. The van der Waals surface area contributed by atoms with Gasteiger partial charge >= 0.3 is 0 Å². The van der Waals surface area contributed by atoms with Crippen LogP contribution in [0.3, 0.4) is 0 Å². The maximum Gasteiger partial charge on any atom is 0.214 e. The molecule has 97 heavy (non-hydrogen) atoms. The molecule has 5 nitrogen and oxygen atoms in total. The predicted octanol–water partition coefficient (Wildman–Crippen LogP) is 23.0. The number of thiophene rings is 1. The highest BCUT2D eigenvalue weighted by molar-refractivity contribution is 7.25. The topological polar surface area (TPSA) is 21.5 Å². The van der Waals surface area contributed by atoms with Crippen LogP contribution in [0, 0.1) is 34.5 Å². The van der Waals surface area contributed by atoms with Gasteiger partial charge in [0, 0.05) is 75.9 Å². The molecular formula is C91H80N5S+3. The predicted molar refractivity (Wildman–Crippen MR) is 416 cm³/mol. The number of para-hydroxylation sites is 2. The molecule has 18 aromatic rings. The van der Waals surface area contributed by atoms with E-state index in [0.717, 1.165) is 16.8 Å². The third-order valence-electron chi connectivity index (χ3n) is 19.2. The Morgan fingerprint density at radius 3 is 1.38 bits per heavy atom. The Labute approximate surface area is 577 Å². The van der Waals surface area contributed by atoms with E-state index < -0.39 is 6.85 Å². The zero-order valence-electron chi connectivity index (χ0n) is 57.4. The number of nitrogens with zero attached hydrogens (tertiary/aromatic N) is 5. The van der Waals surface area contributed by atoms with E-state index in [1.807, 2.05) is 19.1 Å². The number of hydrogen-bond donors (Lipinski definition) is 0. The van der Waals surface area contributed by atoms with Gasteiger partial charge in [-0.3, -0.25) is 0 Å². The summed E-state index contributed by atoms with van der Waals surface area (Å²) in [6, 6.07) is 97.2. The summed E-state index contributed by atoms with van der Waals surface area (Å²) in [4.78, 5) is 0. The number of fused-ring (bicyclic) bond motifs is 14. The van der Waals surface area contributed by atoms with E-state index in [1.54, 1.807) is 23.5 Å². The van der Waals surface area contributed by atoms with E-state index in [9.17, 15) is 0 Å². The van der Waals surface area contributed by atoms with E-state index in [0.29, 0.717) is 5.56 Å². The van der Waals surface area contributed by atoms with Crippen molar-refractivity contribution in [1.82, 2.24) is 9.13 Å². The van der Waals surface area contributed by atoms with Gasteiger partial charge in [0.2, 0.25) is 17.1 Å². The van der Waals surface area contributed by atoms with Gasteiger partial charge in [-0.25, -0.2) is 13.7 Å². The van der Waals surface area contributed by atoms with Gasteiger partial charge < -0.3 is 9.13 Å². The summed E-state index contributed by atoms with van der Waals surface area (Å²) in [6.45, 7) is 6.41. The fraction of sp³-hybridized carbons (Fsp3) is 0.110. The minimum atomic E-state index is -2.09. The van der Waals surface area contributed by atoms with Gasteiger partial charge in [-0.1, -0.05) is 208 Å². The minimum absolute atomic E-state index is 0. The molecule has 0 saturated heterocycles. The smallest absolute Gasteiger partial charge is 0.214 e. The maximum absolute atomic E-state index is 7.71. The van der Waals surface area contributed by atoms with Gasteiger partial charge in [0.15, 0.2) is 18.6 Å². The molecule has 12 aromatic carbocycles. The standard InChI is InChI=1S/C30H25N2.C30H24NS.C29H23N2.2CH4/c1-20-13-15-25-22(17-20)14-16-27-30(25)26-19-31(3)28(24-12-8-7-9-21(24)2)18-29(26)32(27)23-10-5-4-6-11-23;1-19-9-12-25(20(2)13-19)28-17-30-27(18-31(28)3)26-15-23-11-10-22(21-7-5-4-6-8-21)14-24(23)16-29(26)32-30;1-20-10-6-8-14-23(20)27-18-28-25(19-30(27)2)29-24-15-9-7-11-21(24)16-17-26(29)31(28)22-12-4-3-5-13-22;;/h4-19H,1-3H3;4-18H,1-3H3;3-19H,1-2H3;2*1H4/q3*+1;;/i;1D3;;;. The van der Waals surface area contributed by atoms with E-state index in [-0.39, 0.29) is 14.9 Å². The van der Waals surface area contributed by atoms with Gasteiger partial charge in [0.25, 0.3) is 0 Å². The van der Waals surface area contributed by atoms with Gasteiger partial charge in [-0.05, 0) is 167 Å². The number of benzene rings is 12. The van der Waals surface area contributed by atoms with Crippen LogP contribution in [-0.2, 0) is 21.1 Å². The van der Waals surface area contributed by atoms with Crippen molar-refractivity contribution >= 4 is 107 Å². The van der Waals surface area contributed by atoms with Crippen LogP contribution in [0.15, 0.2) is 292 Å². The summed E-state index contributed by atoms with van der Waals surface area (Å²) in [6.07, 6.45) is 6.80. The van der Waals surface area contributed by atoms with Crippen molar-refractivity contribution in [2.75, 3.05) is 0 Å². The average molecular weight is 1280 g/mol. The van der Waals surface area contributed by atoms with Gasteiger partial charge in [-0.2, -0.15) is 0 Å². The summed E-state index contributed by atoms with van der Waals surface area (Å²) in [5.41, 5.74) is 22.1. The first-order valence-corrected chi connectivity index (χ1v) is 33.4. The van der Waals surface area contributed by atoms with Crippen LogP contribution >= 0.6 is 11.3 Å². The molecule has 6 heteroatoms. The summed E-state index contributed by atoms with van der Waals surface area (Å²) in [5, 5.41) is 15.3. The molecule has 0 saturated carbocycles. The Hall–Kier alpha value is -11.3. The first kappa shape index (κ1) is 59.4. The lowest BCUT2D eigenvalue weighted by molar-refractivity contribution is -0.659. The molecule has 0 aliphatic heterocycles. The third-order valence-corrected chi connectivity index (χ3v) is 20.3. The molecule has 0 atom stereocenters. The van der Waals surface area contributed by atoms with Crippen LogP contribution in [0.5, 0.6) is 0 Å². The molecule has 0 bridgehead atoms. The third kappa shape index (κ3) is 11.3. The zero-order chi connectivity index (χ0) is 67.1. The van der Waals surface area contributed by atoms with Crippen LogP contribution < -0.4 is 13.7 Å². The van der Waals surface area contributed by atoms with Gasteiger partial charge in [0.1, 0.15) is 21.1 Å². The Morgan fingerprint density at radius 1 is 0.309 bits per heavy atom. The number of hydrogen-bond acceptors (Lipinski definition) is 1. The van der Waals surface area contributed by atoms with E-state index in [1.165, 1.54) is 158 Å². The molecule has 0 aliphatic rings. The molecule has 6 aromatic heterocycles. The van der Waals surface area contributed by atoms with Crippen molar-refractivity contribution in [2.45, 2.75) is 49.4 Å². The summed E-state index contributed by atoms with van der Waals surface area (Å²) in [5.74, 6) is 0. The quantitative estimate of drug-likeness (QED) is 0.148. The summed E-state index contributed by atoms with van der Waals surface area (Å²) in [7, 11) is 6.36. The van der Waals surface area contributed by atoms with Crippen molar-refractivity contribution in [3.63, 3.8) is 0 Å². The van der Waals surface area contributed by atoms with Gasteiger partial charge in [0.05, 0.1) is 38.2 Å². The first-order chi connectivity index (χ1) is 47.6. The summed E-state index contributed by atoms with van der Waals surface area (Å²) >= 11 is 1.81. The molecule has 472 valence electrons. The highest BCUT2D eigenvalue weighted by atomic mass is 32.1. The molecule has 6 heterocycles. The number of aryl methyl sites for hydroxylation is 8. The largest absolute Gasteiger partial charge is 0.309 e. The molecular weight excluding hydrogens is 1200 g/mol. The second-order valence-electron chi connectivity index (χ2n) is 25.4. The van der Waals surface area contributed by atoms with E-state index >= 15 is 0 Å². The first-order valence-electron chi connectivity index (χ1n) is 34.0. The SMILES string of the molecule is C.C.Cc1ccc2c(ccc3c2c2c[n+](C)c(-c4ccccc4C)cc2n3-c2ccccc2)c1.Cc1ccccc1-c1cc2c(c[n+]1C)c1c3ccccc3ccc1n2-c1ccccc1.[2H]C([2H])([2H])c1ccc(-c2cc3sc4cc5cc(-c6ccccc6)ccc5cc4c3c[n+]2C)c(C)c1. The molecule has 0 spiro atoms. The van der Waals surface area contributed by atoms with Crippen molar-refractivity contribution in [1.29, 1.82) is 0 Å². The summed E-state index contributed by atoms with van der Waals surface area (Å²) < 4.78 is 37.1. The molecule has 0 amide bonds. The monoisotopic (exact) mass is 1280 g/mol. The Bertz CT molecular complexity index is 6180. The van der Waals surface area contributed by atoms with Gasteiger partial charge in [-0.15, -0.1) is 11.3 Å². The van der Waals surface area contributed by atoms with Crippen LogP contribution in [0.25, 0.3) is 152 Å².